The Morgan fingerprint density at radius 2 is 1.68 bits per heavy atom. The maximum atomic E-state index is 11.9. The summed E-state index contributed by atoms with van der Waals surface area (Å²) >= 11 is 0. The number of hydrogen-bond acceptors (Lipinski definition) is 4. The first-order valence-electron chi connectivity index (χ1n) is 5.88. The van der Waals surface area contributed by atoms with Crippen LogP contribution in [0.15, 0.2) is 29.2 Å². The summed E-state index contributed by atoms with van der Waals surface area (Å²) in [5.41, 5.74) is 0.924. The average Bonchev–Trinajstić information content (AvgIpc) is 2.27. The number of carbonyl (C=O) groups excluding carboxylic acids is 1. The third-order valence-electron chi connectivity index (χ3n) is 2.72. The maximum Gasteiger partial charge on any atom is 0.241 e. The molecule has 106 valence electrons. The highest BCUT2D eigenvalue weighted by Gasteiger charge is 2.19. The number of rotatable bonds is 4. The third kappa shape index (κ3) is 4.04. The molecule has 0 fully saturated rings. The van der Waals surface area contributed by atoms with E-state index in [1.54, 1.807) is 12.1 Å². The zero-order valence-electron chi connectivity index (χ0n) is 11.4. The van der Waals surface area contributed by atoms with Crippen LogP contribution in [0.25, 0.3) is 0 Å². The van der Waals surface area contributed by atoms with Gasteiger partial charge in [-0.3, -0.25) is 0 Å². The van der Waals surface area contributed by atoms with Gasteiger partial charge in [0.25, 0.3) is 0 Å². The van der Waals surface area contributed by atoms with Crippen LogP contribution < -0.4 is 9.83 Å². The van der Waals surface area contributed by atoms with Crippen LogP contribution in [-0.4, -0.2) is 20.4 Å². The number of hydrogen-bond donors (Lipinski definition) is 1. The smallest absolute Gasteiger partial charge is 0.241 e. The van der Waals surface area contributed by atoms with Crippen LogP contribution in [0.4, 0.5) is 0 Å². The first-order valence-corrected chi connectivity index (χ1v) is 7.36. The van der Waals surface area contributed by atoms with Gasteiger partial charge in [0, 0.05) is 0 Å². The van der Waals surface area contributed by atoms with Crippen molar-refractivity contribution in [2.75, 3.05) is 0 Å². The SMILES string of the molecule is C[C@H](NS(=O)(=O)c1ccc(C(C)(C)C)cc1)C(=O)[O-]. The molecule has 1 atom stereocenters. The summed E-state index contributed by atoms with van der Waals surface area (Å²) < 4.78 is 25.9. The molecule has 1 aromatic rings. The largest absolute Gasteiger partial charge is 0.548 e. The summed E-state index contributed by atoms with van der Waals surface area (Å²) in [5.74, 6) is -1.46. The monoisotopic (exact) mass is 284 g/mol. The van der Waals surface area contributed by atoms with E-state index in [0.29, 0.717) is 0 Å². The molecule has 0 amide bonds. The molecular formula is C13H18NO4S-. The summed E-state index contributed by atoms with van der Waals surface area (Å²) in [4.78, 5) is 10.6. The fourth-order valence-electron chi connectivity index (χ4n) is 1.48. The highest BCUT2D eigenvalue weighted by Crippen LogP contribution is 2.23. The van der Waals surface area contributed by atoms with E-state index in [9.17, 15) is 18.3 Å². The zero-order chi connectivity index (χ0) is 14.8. The van der Waals surface area contributed by atoms with Crippen molar-refractivity contribution in [3.8, 4) is 0 Å². The summed E-state index contributed by atoms with van der Waals surface area (Å²) in [6.45, 7) is 7.28. The lowest BCUT2D eigenvalue weighted by Crippen LogP contribution is -2.45. The van der Waals surface area contributed by atoms with Crippen molar-refractivity contribution in [2.45, 2.75) is 44.0 Å². The van der Waals surface area contributed by atoms with Gasteiger partial charge in [-0.1, -0.05) is 32.9 Å². The summed E-state index contributed by atoms with van der Waals surface area (Å²) in [6.07, 6.45) is 0. The van der Waals surface area contributed by atoms with Crippen molar-refractivity contribution in [2.24, 2.45) is 0 Å². The van der Waals surface area contributed by atoms with Crippen LogP contribution in [-0.2, 0) is 20.2 Å². The molecule has 0 saturated heterocycles. The van der Waals surface area contributed by atoms with E-state index in [-0.39, 0.29) is 10.3 Å². The van der Waals surface area contributed by atoms with Gasteiger partial charge < -0.3 is 9.90 Å². The van der Waals surface area contributed by atoms with Gasteiger partial charge in [0.1, 0.15) is 0 Å². The van der Waals surface area contributed by atoms with Crippen molar-refractivity contribution in [3.63, 3.8) is 0 Å². The Kier molecular flexibility index (Phi) is 4.37. The number of carboxylic acids is 1. The Morgan fingerprint density at radius 3 is 2.05 bits per heavy atom. The van der Waals surface area contributed by atoms with Crippen LogP contribution in [0.2, 0.25) is 0 Å². The van der Waals surface area contributed by atoms with E-state index in [2.05, 4.69) is 0 Å². The Bertz CT molecular complexity index is 555. The van der Waals surface area contributed by atoms with Gasteiger partial charge in [-0.2, -0.15) is 0 Å². The molecule has 0 spiro atoms. The molecule has 0 aliphatic rings. The number of benzene rings is 1. The minimum atomic E-state index is -3.84. The second-order valence-corrected chi connectivity index (χ2v) is 7.15. The summed E-state index contributed by atoms with van der Waals surface area (Å²) in [6, 6.07) is 5.10. The van der Waals surface area contributed by atoms with Crippen molar-refractivity contribution >= 4 is 16.0 Å². The molecule has 0 unspecified atom stereocenters. The molecule has 0 bridgehead atoms. The maximum absolute atomic E-state index is 11.9. The number of nitrogens with one attached hydrogen (secondary N) is 1. The first-order chi connectivity index (χ1) is 8.54. The van der Waals surface area contributed by atoms with Gasteiger partial charge in [-0.05, 0) is 30.0 Å². The predicted molar refractivity (Wildman–Crippen MR) is 69.9 cm³/mol. The van der Waals surface area contributed by atoms with Crippen LogP contribution in [0.5, 0.6) is 0 Å². The van der Waals surface area contributed by atoms with E-state index < -0.39 is 22.0 Å². The van der Waals surface area contributed by atoms with Crippen molar-refractivity contribution in [1.29, 1.82) is 0 Å². The van der Waals surface area contributed by atoms with E-state index in [0.717, 1.165) is 5.56 Å². The first kappa shape index (κ1) is 15.7. The van der Waals surface area contributed by atoms with Gasteiger partial charge >= 0.3 is 0 Å². The normalized spacial score (nSPS) is 14.1. The Balaban J connectivity index is 3.01. The molecule has 1 rings (SSSR count). The number of carboxylic acid groups (broad SMARTS) is 1. The number of carbonyl (C=O) groups is 1. The fraction of sp³-hybridized carbons (Fsp3) is 0.462. The number of aliphatic carboxylic acids is 1. The van der Waals surface area contributed by atoms with E-state index in [1.165, 1.54) is 19.1 Å². The molecule has 0 heterocycles. The van der Waals surface area contributed by atoms with Crippen molar-refractivity contribution in [3.05, 3.63) is 29.8 Å². The molecule has 5 nitrogen and oxygen atoms in total. The van der Waals surface area contributed by atoms with Crippen LogP contribution in [0, 0.1) is 0 Å². The molecule has 19 heavy (non-hydrogen) atoms. The highest BCUT2D eigenvalue weighted by atomic mass is 32.2. The molecule has 1 aromatic carbocycles. The van der Waals surface area contributed by atoms with Crippen molar-refractivity contribution < 1.29 is 18.3 Å². The second-order valence-electron chi connectivity index (χ2n) is 5.44. The van der Waals surface area contributed by atoms with Crippen LogP contribution in [0.1, 0.15) is 33.3 Å². The molecule has 0 aromatic heterocycles. The van der Waals surface area contributed by atoms with Crippen LogP contribution in [0.3, 0.4) is 0 Å². The third-order valence-corrected chi connectivity index (χ3v) is 4.27. The van der Waals surface area contributed by atoms with Crippen molar-refractivity contribution in [1.82, 2.24) is 4.72 Å². The van der Waals surface area contributed by atoms with Gasteiger partial charge in [-0.15, -0.1) is 0 Å². The Hall–Kier alpha value is -1.40. The lowest BCUT2D eigenvalue weighted by molar-refractivity contribution is -0.307. The molecule has 0 aliphatic carbocycles. The number of sulfonamides is 1. The summed E-state index contributed by atoms with van der Waals surface area (Å²) in [7, 11) is -3.84. The molecule has 6 heteroatoms. The van der Waals surface area contributed by atoms with Gasteiger partial charge in [0.15, 0.2) is 0 Å². The fourth-order valence-corrected chi connectivity index (χ4v) is 2.68. The lowest BCUT2D eigenvalue weighted by atomic mass is 9.87. The Labute approximate surface area is 113 Å². The predicted octanol–water partition coefficient (Wildman–Crippen LogP) is 0.401. The molecule has 0 aliphatic heterocycles. The van der Waals surface area contributed by atoms with E-state index >= 15 is 0 Å². The quantitative estimate of drug-likeness (QED) is 0.867. The van der Waals surface area contributed by atoms with E-state index in [4.69, 9.17) is 0 Å². The standard InChI is InChI=1S/C13H19NO4S/c1-9(12(15)16)14-19(17,18)11-7-5-10(6-8-11)13(2,3)4/h5-9,14H,1-4H3,(H,15,16)/p-1/t9-/m0/s1. The molecule has 0 radical (unpaired) electrons. The van der Waals surface area contributed by atoms with Gasteiger partial charge in [0.05, 0.1) is 16.9 Å². The minimum Gasteiger partial charge on any atom is -0.548 e. The Morgan fingerprint density at radius 1 is 1.21 bits per heavy atom. The molecule has 1 N–H and O–H groups in total. The van der Waals surface area contributed by atoms with Crippen LogP contribution >= 0.6 is 0 Å². The summed E-state index contributed by atoms with van der Waals surface area (Å²) in [5, 5.41) is 10.6. The van der Waals surface area contributed by atoms with Gasteiger partial charge in [-0.25, -0.2) is 13.1 Å². The van der Waals surface area contributed by atoms with Gasteiger partial charge in [0.2, 0.25) is 10.0 Å². The minimum absolute atomic E-state index is 0.0357. The molecule has 0 saturated carbocycles. The highest BCUT2D eigenvalue weighted by molar-refractivity contribution is 7.89. The second kappa shape index (κ2) is 5.30. The topological polar surface area (TPSA) is 86.3 Å². The molecular weight excluding hydrogens is 266 g/mol. The van der Waals surface area contributed by atoms with E-state index in [1.807, 2.05) is 25.5 Å². The average molecular weight is 284 g/mol. The lowest BCUT2D eigenvalue weighted by Gasteiger charge is -2.19. The zero-order valence-corrected chi connectivity index (χ0v) is 12.2.